The zero-order valence-corrected chi connectivity index (χ0v) is 24.8. The van der Waals surface area contributed by atoms with E-state index < -0.39 is 28.5 Å². The van der Waals surface area contributed by atoms with Crippen LogP contribution in [0.25, 0.3) is 0 Å². The summed E-state index contributed by atoms with van der Waals surface area (Å²) in [7, 11) is 0.196. The largest absolute Gasteiger partial charge is 0.493 e. The van der Waals surface area contributed by atoms with E-state index in [2.05, 4.69) is 5.32 Å². The summed E-state index contributed by atoms with van der Waals surface area (Å²) in [6.45, 7) is 3.15. The lowest BCUT2D eigenvalue weighted by Gasteiger charge is -2.33. The highest BCUT2D eigenvalue weighted by molar-refractivity contribution is 7.92. The van der Waals surface area contributed by atoms with Gasteiger partial charge in [-0.2, -0.15) is 0 Å². The van der Waals surface area contributed by atoms with Crippen molar-refractivity contribution in [2.75, 3.05) is 32.1 Å². The molecule has 40 heavy (non-hydrogen) atoms. The van der Waals surface area contributed by atoms with Gasteiger partial charge >= 0.3 is 0 Å². The lowest BCUT2D eigenvalue weighted by Crippen LogP contribution is -2.51. The van der Waals surface area contributed by atoms with Crippen molar-refractivity contribution >= 4 is 39.1 Å². The minimum absolute atomic E-state index is 0.0169. The first kappa shape index (κ1) is 30.8. The van der Waals surface area contributed by atoms with Gasteiger partial charge in [-0.15, -0.1) is 0 Å². The summed E-state index contributed by atoms with van der Waals surface area (Å²) in [5, 5.41) is 3.14. The maximum absolute atomic E-state index is 14.0. The molecule has 0 aliphatic rings. The summed E-state index contributed by atoms with van der Waals surface area (Å²) in [6.07, 6.45) is 0.320. The number of nitrogens with one attached hydrogen (secondary N) is 1. The van der Waals surface area contributed by atoms with Crippen LogP contribution in [0.1, 0.15) is 24.5 Å². The maximum atomic E-state index is 14.0. The minimum Gasteiger partial charge on any atom is -0.493 e. The van der Waals surface area contributed by atoms with Crippen LogP contribution in [0.5, 0.6) is 11.5 Å². The third-order valence-corrected chi connectivity index (χ3v) is 8.48. The molecule has 0 aromatic heterocycles. The second kappa shape index (κ2) is 13.5. The van der Waals surface area contributed by atoms with E-state index in [-0.39, 0.29) is 23.0 Å². The van der Waals surface area contributed by atoms with Crippen molar-refractivity contribution in [2.45, 2.75) is 37.8 Å². The molecule has 214 valence electrons. The van der Waals surface area contributed by atoms with Gasteiger partial charge in [-0.25, -0.2) is 8.42 Å². The zero-order chi connectivity index (χ0) is 29.4. The number of aryl methyl sites for hydroxylation is 1. The van der Waals surface area contributed by atoms with Crippen molar-refractivity contribution in [1.29, 1.82) is 0 Å². The standard InChI is InChI=1S/C29H34ClN3O6S/c1-6-25(29(35)31-3)32(18-21-9-11-22(30)12-10-21)28(34)19-33(23-13-16-26(38-4)27(17-23)39-5)40(36,37)24-14-7-20(2)8-15-24/h7-17,25H,6,18-19H2,1-5H3,(H,31,35)/t25-/m0/s1. The number of sulfonamides is 1. The molecule has 0 bridgehead atoms. The summed E-state index contributed by atoms with van der Waals surface area (Å²) in [5.41, 5.74) is 1.82. The van der Waals surface area contributed by atoms with Gasteiger partial charge in [0.1, 0.15) is 12.6 Å². The molecule has 1 N–H and O–H groups in total. The van der Waals surface area contributed by atoms with Gasteiger partial charge in [0.25, 0.3) is 10.0 Å². The number of rotatable bonds is 12. The van der Waals surface area contributed by atoms with Gasteiger partial charge in [0, 0.05) is 24.7 Å². The molecule has 3 aromatic carbocycles. The quantitative estimate of drug-likeness (QED) is 0.336. The summed E-state index contributed by atoms with van der Waals surface area (Å²) >= 11 is 6.04. The average Bonchev–Trinajstić information content (AvgIpc) is 2.96. The zero-order valence-electron chi connectivity index (χ0n) is 23.2. The second-order valence-corrected chi connectivity index (χ2v) is 11.3. The molecule has 0 heterocycles. The third kappa shape index (κ3) is 7.05. The van der Waals surface area contributed by atoms with E-state index in [9.17, 15) is 18.0 Å². The molecule has 3 aromatic rings. The number of likely N-dealkylation sites (N-methyl/N-ethyl adjacent to an activating group) is 1. The minimum atomic E-state index is -4.21. The molecule has 9 nitrogen and oxygen atoms in total. The summed E-state index contributed by atoms with van der Waals surface area (Å²) < 4.78 is 39.7. The Morgan fingerprint density at radius 2 is 1.57 bits per heavy atom. The van der Waals surface area contributed by atoms with E-state index >= 15 is 0 Å². The van der Waals surface area contributed by atoms with Crippen LogP contribution >= 0.6 is 11.6 Å². The van der Waals surface area contributed by atoms with Gasteiger partial charge in [-0.1, -0.05) is 48.4 Å². The number of halogens is 1. The average molecular weight is 588 g/mol. The number of amides is 2. The summed E-state index contributed by atoms with van der Waals surface area (Å²) in [6, 6.07) is 17.0. The summed E-state index contributed by atoms with van der Waals surface area (Å²) in [5.74, 6) is -0.216. The Labute approximate surface area is 240 Å². The normalized spacial score (nSPS) is 11.8. The third-order valence-electron chi connectivity index (χ3n) is 6.44. The number of nitrogens with zero attached hydrogens (tertiary/aromatic N) is 2. The monoisotopic (exact) mass is 587 g/mol. The van der Waals surface area contributed by atoms with E-state index in [1.807, 2.05) is 6.92 Å². The number of methoxy groups -OCH3 is 2. The molecule has 11 heteroatoms. The SMILES string of the molecule is CC[C@@H](C(=O)NC)N(Cc1ccc(Cl)cc1)C(=O)CN(c1ccc(OC)c(OC)c1)S(=O)(=O)c1ccc(C)cc1. The van der Waals surface area contributed by atoms with Crippen LogP contribution in [0.4, 0.5) is 5.69 Å². The molecular weight excluding hydrogens is 554 g/mol. The molecule has 0 aliphatic heterocycles. The molecule has 0 radical (unpaired) electrons. The fourth-order valence-corrected chi connectivity index (χ4v) is 5.75. The van der Waals surface area contributed by atoms with Gasteiger partial charge in [-0.3, -0.25) is 13.9 Å². The number of ether oxygens (including phenoxy) is 2. The Morgan fingerprint density at radius 3 is 2.12 bits per heavy atom. The van der Waals surface area contributed by atoms with Gasteiger partial charge in [0.15, 0.2) is 11.5 Å². The Bertz CT molecular complexity index is 1430. The molecule has 0 unspecified atom stereocenters. The van der Waals surface area contributed by atoms with Crippen molar-refractivity contribution in [3.8, 4) is 11.5 Å². The molecule has 0 saturated carbocycles. The molecule has 2 amide bonds. The molecule has 3 rings (SSSR count). The molecule has 0 aliphatic carbocycles. The number of carbonyl (C=O) groups excluding carboxylic acids is 2. The van der Waals surface area contributed by atoms with Crippen molar-refractivity contribution in [2.24, 2.45) is 0 Å². The van der Waals surface area contributed by atoms with Crippen molar-refractivity contribution in [3.63, 3.8) is 0 Å². The Balaban J connectivity index is 2.11. The second-order valence-electron chi connectivity index (χ2n) is 9.05. The fourth-order valence-electron chi connectivity index (χ4n) is 4.22. The fraction of sp³-hybridized carbons (Fsp3) is 0.310. The predicted molar refractivity (Wildman–Crippen MR) is 155 cm³/mol. The molecular formula is C29H34ClN3O6S. The number of anilines is 1. The predicted octanol–water partition coefficient (Wildman–Crippen LogP) is 4.41. The number of carbonyl (C=O) groups is 2. The molecule has 0 saturated heterocycles. The highest BCUT2D eigenvalue weighted by atomic mass is 35.5. The van der Waals surface area contributed by atoms with Crippen LogP contribution in [-0.2, 0) is 26.2 Å². The smallest absolute Gasteiger partial charge is 0.264 e. The van der Waals surface area contributed by atoms with Gasteiger partial charge in [-0.05, 0) is 55.3 Å². The van der Waals surface area contributed by atoms with Crippen LogP contribution in [-0.4, -0.2) is 59.0 Å². The van der Waals surface area contributed by atoms with E-state index in [1.54, 1.807) is 55.5 Å². The lowest BCUT2D eigenvalue weighted by molar-refractivity contribution is -0.140. The van der Waals surface area contributed by atoms with E-state index in [1.165, 1.54) is 44.4 Å². The first-order valence-corrected chi connectivity index (χ1v) is 14.4. The van der Waals surface area contributed by atoms with E-state index in [0.29, 0.717) is 22.9 Å². The Kier molecular flexibility index (Phi) is 10.4. The van der Waals surface area contributed by atoms with Gasteiger partial charge in [0.05, 0.1) is 24.8 Å². The van der Waals surface area contributed by atoms with Crippen molar-refractivity contribution < 1.29 is 27.5 Å². The Morgan fingerprint density at radius 1 is 0.950 bits per heavy atom. The molecule has 0 spiro atoms. The first-order chi connectivity index (χ1) is 19.0. The van der Waals surface area contributed by atoms with Crippen LogP contribution in [0, 0.1) is 6.92 Å². The van der Waals surface area contributed by atoms with Crippen LogP contribution in [0.2, 0.25) is 5.02 Å². The van der Waals surface area contributed by atoms with Crippen LogP contribution in [0.3, 0.4) is 0 Å². The maximum Gasteiger partial charge on any atom is 0.264 e. The van der Waals surface area contributed by atoms with Gasteiger partial charge in [0.2, 0.25) is 11.8 Å². The van der Waals surface area contributed by atoms with E-state index in [4.69, 9.17) is 21.1 Å². The number of hydrogen-bond acceptors (Lipinski definition) is 6. The highest BCUT2D eigenvalue weighted by Gasteiger charge is 2.33. The molecule has 1 atom stereocenters. The van der Waals surface area contributed by atoms with Crippen molar-refractivity contribution in [1.82, 2.24) is 10.2 Å². The topological polar surface area (TPSA) is 105 Å². The van der Waals surface area contributed by atoms with Crippen molar-refractivity contribution in [3.05, 3.63) is 82.9 Å². The number of hydrogen-bond donors (Lipinski definition) is 1. The number of benzene rings is 3. The van der Waals surface area contributed by atoms with Crippen LogP contribution in [0.15, 0.2) is 71.6 Å². The van der Waals surface area contributed by atoms with Gasteiger partial charge < -0.3 is 19.7 Å². The Hall–Kier alpha value is -3.76. The summed E-state index contributed by atoms with van der Waals surface area (Å²) in [4.78, 5) is 28.2. The van der Waals surface area contributed by atoms with E-state index in [0.717, 1.165) is 15.4 Å². The lowest BCUT2D eigenvalue weighted by atomic mass is 10.1. The first-order valence-electron chi connectivity index (χ1n) is 12.6. The highest BCUT2D eigenvalue weighted by Crippen LogP contribution is 2.34. The van der Waals surface area contributed by atoms with Crippen LogP contribution < -0.4 is 19.1 Å². The molecule has 0 fully saturated rings.